The Balaban J connectivity index is 1.62. The number of anilines is 1. The highest BCUT2D eigenvalue weighted by Crippen LogP contribution is 2.42. The first-order valence-corrected chi connectivity index (χ1v) is 12.6. The molecule has 0 aromatic heterocycles. The summed E-state index contributed by atoms with van der Waals surface area (Å²) in [5.74, 6) is 0.474. The Hall–Kier alpha value is -1.74. The fraction of sp³-hybridized carbons (Fsp3) is 0.300. The van der Waals surface area contributed by atoms with Gasteiger partial charge in [0.2, 0.25) is 0 Å². The summed E-state index contributed by atoms with van der Waals surface area (Å²) in [4.78, 5) is 18.8. The molecule has 0 aliphatic carbocycles. The number of methoxy groups -OCH3 is 1. The van der Waals surface area contributed by atoms with E-state index in [1.165, 1.54) is 11.8 Å². The molecule has 0 N–H and O–H groups in total. The number of ether oxygens (including phenoxy) is 1. The number of benzene rings is 2. The van der Waals surface area contributed by atoms with Crippen molar-refractivity contribution in [3.8, 4) is 5.75 Å². The van der Waals surface area contributed by atoms with E-state index in [-0.39, 0.29) is 35.1 Å². The van der Waals surface area contributed by atoms with E-state index in [1.807, 2.05) is 12.1 Å². The van der Waals surface area contributed by atoms with Crippen LogP contribution in [0.15, 0.2) is 47.5 Å². The number of hydrogen-bond acceptors (Lipinski definition) is 5. The summed E-state index contributed by atoms with van der Waals surface area (Å²) in [6.07, 6.45) is 0.136. The van der Waals surface area contributed by atoms with Gasteiger partial charge in [0.05, 0.1) is 41.1 Å². The number of amidine groups is 1. The third kappa shape index (κ3) is 4.46. The van der Waals surface area contributed by atoms with Gasteiger partial charge in [-0.15, -0.1) is 0 Å². The van der Waals surface area contributed by atoms with E-state index in [4.69, 9.17) is 27.9 Å². The molecule has 2 atom stereocenters. The highest BCUT2D eigenvalue weighted by atomic mass is 35.5. The van der Waals surface area contributed by atoms with Crippen LogP contribution in [0, 0.1) is 0 Å². The SMILES string of the molecule is COc1ccc(CC(=O)N=C2S[C@H]3CS(=O)(=O)C[C@H]3N2c2ccc(Cl)c(Cl)c2)cc1. The Bertz CT molecular complexity index is 1120. The van der Waals surface area contributed by atoms with Crippen molar-refractivity contribution in [3.05, 3.63) is 58.1 Å². The normalized spacial score (nSPS) is 23.6. The summed E-state index contributed by atoms with van der Waals surface area (Å²) in [6, 6.07) is 12.0. The van der Waals surface area contributed by atoms with Crippen LogP contribution in [0.5, 0.6) is 5.75 Å². The van der Waals surface area contributed by atoms with Crippen molar-refractivity contribution in [3.63, 3.8) is 0 Å². The van der Waals surface area contributed by atoms with Gasteiger partial charge < -0.3 is 9.64 Å². The van der Waals surface area contributed by atoms with Crippen molar-refractivity contribution in [2.24, 2.45) is 4.99 Å². The Morgan fingerprint density at radius 2 is 1.90 bits per heavy atom. The van der Waals surface area contributed by atoms with Gasteiger partial charge in [-0.3, -0.25) is 4.79 Å². The largest absolute Gasteiger partial charge is 0.497 e. The van der Waals surface area contributed by atoms with Crippen LogP contribution >= 0.6 is 35.0 Å². The molecule has 0 unspecified atom stereocenters. The number of fused-ring (bicyclic) bond motifs is 1. The minimum Gasteiger partial charge on any atom is -0.497 e. The molecule has 6 nitrogen and oxygen atoms in total. The Morgan fingerprint density at radius 3 is 2.57 bits per heavy atom. The van der Waals surface area contributed by atoms with Crippen molar-refractivity contribution in [2.75, 3.05) is 23.5 Å². The number of thioether (sulfide) groups is 1. The first kappa shape index (κ1) is 21.5. The van der Waals surface area contributed by atoms with Crippen LogP contribution in [0.25, 0.3) is 0 Å². The molecular formula is C20H18Cl2N2O4S2. The number of rotatable bonds is 4. The van der Waals surface area contributed by atoms with Gasteiger partial charge in [0.25, 0.3) is 5.91 Å². The molecule has 1 amide bonds. The standard InChI is InChI=1S/C20H18Cl2N2O4S2/c1-28-14-5-2-12(3-6-14)8-19(25)23-20-24(13-4-7-15(21)16(22)9-13)17-10-30(26,27)11-18(17)29-20/h2-7,9,17-18H,8,10-11H2,1H3/t17-,18+/m1/s1. The molecular weight excluding hydrogens is 467 g/mol. The third-order valence-corrected chi connectivity index (χ3v) is 8.93. The minimum atomic E-state index is -3.15. The van der Waals surface area contributed by atoms with Crippen molar-refractivity contribution in [1.82, 2.24) is 0 Å². The van der Waals surface area contributed by atoms with E-state index in [9.17, 15) is 13.2 Å². The lowest BCUT2D eigenvalue weighted by Gasteiger charge is -2.24. The van der Waals surface area contributed by atoms with Gasteiger partial charge in [-0.05, 0) is 35.9 Å². The number of hydrogen-bond donors (Lipinski definition) is 0. The average molecular weight is 485 g/mol. The van der Waals surface area contributed by atoms with Crippen LogP contribution in [-0.2, 0) is 21.1 Å². The second-order valence-corrected chi connectivity index (χ2v) is 11.3. The third-order valence-electron chi connectivity index (χ3n) is 4.98. The summed E-state index contributed by atoms with van der Waals surface area (Å²) in [6.45, 7) is 0. The van der Waals surface area contributed by atoms with Crippen LogP contribution < -0.4 is 9.64 Å². The predicted octanol–water partition coefficient (Wildman–Crippen LogP) is 3.85. The van der Waals surface area contributed by atoms with Crippen LogP contribution in [0.1, 0.15) is 5.56 Å². The lowest BCUT2D eigenvalue weighted by Crippen LogP contribution is -2.37. The van der Waals surface area contributed by atoms with Gasteiger partial charge in [0, 0.05) is 10.9 Å². The molecule has 2 aliphatic rings. The molecule has 0 spiro atoms. The van der Waals surface area contributed by atoms with Gasteiger partial charge in [-0.25, -0.2) is 8.42 Å². The molecule has 0 radical (unpaired) electrons. The van der Waals surface area contributed by atoms with Gasteiger partial charge in [0.15, 0.2) is 15.0 Å². The lowest BCUT2D eigenvalue weighted by molar-refractivity contribution is -0.117. The molecule has 0 saturated carbocycles. The van der Waals surface area contributed by atoms with E-state index in [1.54, 1.807) is 42.3 Å². The van der Waals surface area contributed by atoms with Gasteiger partial charge in [-0.2, -0.15) is 4.99 Å². The summed E-state index contributed by atoms with van der Waals surface area (Å²) < 4.78 is 29.5. The van der Waals surface area contributed by atoms with Crippen molar-refractivity contribution in [1.29, 1.82) is 0 Å². The molecule has 2 aliphatic heterocycles. The van der Waals surface area contributed by atoms with Crippen LogP contribution in [0.2, 0.25) is 10.0 Å². The number of sulfone groups is 1. The fourth-order valence-electron chi connectivity index (χ4n) is 3.57. The lowest BCUT2D eigenvalue weighted by atomic mass is 10.1. The maximum absolute atomic E-state index is 12.6. The molecule has 2 heterocycles. The summed E-state index contributed by atoms with van der Waals surface area (Å²) in [7, 11) is -1.56. The second-order valence-electron chi connectivity index (χ2n) is 7.08. The number of nitrogens with zero attached hydrogens (tertiary/aromatic N) is 2. The smallest absolute Gasteiger partial charge is 0.252 e. The molecule has 0 bridgehead atoms. The zero-order valence-electron chi connectivity index (χ0n) is 15.9. The van der Waals surface area contributed by atoms with Crippen molar-refractivity contribution < 1.29 is 17.9 Å². The van der Waals surface area contributed by atoms with E-state index in [0.717, 1.165) is 5.56 Å². The monoisotopic (exact) mass is 484 g/mol. The molecule has 2 fully saturated rings. The Labute approximate surface area is 189 Å². The average Bonchev–Trinajstić information content (AvgIpc) is 3.15. The molecule has 2 saturated heterocycles. The van der Waals surface area contributed by atoms with Gasteiger partial charge in [-0.1, -0.05) is 47.1 Å². The molecule has 2 aromatic carbocycles. The number of carbonyl (C=O) groups excluding carboxylic acids is 1. The van der Waals surface area contributed by atoms with Crippen molar-refractivity contribution in [2.45, 2.75) is 17.7 Å². The van der Waals surface area contributed by atoms with Gasteiger partial charge in [0.1, 0.15) is 5.75 Å². The predicted molar refractivity (Wildman–Crippen MR) is 122 cm³/mol. The maximum atomic E-state index is 12.6. The van der Waals surface area contributed by atoms with Crippen molar-refractivity contribution >= 4 is 61.6 Å². The van der Waals surface area contributed by atoms with Crippen LogP contribution in [-0.4, -0.2) is 49.4 Å². The van der Waals surface area contributed by atoms with Crippen LogP contribution in [0.4, 0.5) is 5.69 Å². The number of aliphatic imine (C=N–C) groups is 1. The van der Waals surface area contributed by atoms with E-state index in [0.29, 0.717) is 26.6 Å². The highest BCUT2D eigenvalue weighted by Gasteiger charge is 2.49. The first-order valence-electron chi connectivity index (χ1n) is 9.11. The second kappa shape index (κ2) is 8.42. The molecule has 4 rings (SSSR count). The molecule has 10 heteroatoms. The highest BCUT2D eigenvalue weighted by molar-refractivity contribution is 8.16. The zero-order chi connectivity index (χ0) is 21.5. The van der Waals surface area contributed by atoms with Crippen LogP contribution in [0.3, 0.4) is 0 Å². The topological polar surface area (TPSA) is 76.0 Å². The number of amides is 1. The Morgan fingerprint density at radius 1 is 1.17 bits per heavy atom. The quantitative estimate of drug-likeness (QED) is 0.655. The fourth-order valence-corrected chi connectivity index (χ4v) is 7.79. The summed E-state index contributed by atoms with van der Waals surface area (Å²) in [5.41, 5.74) is 1.48. The molecule has 30 heavy (non-hydrogen) atoms. The zero-order valence-corrected chi connectivity index (χ0v) is 19.1. The number of carbonyl (C=O) groups is 1. The van der Waals surface area contributed by atoms with E-state index >= 15 is 0 Å². The minimum absolute atomic E-state index is 0.0105. The molecule has 2 aromatic rings. The number of halogens is 2. The van der Waals surface area contributed by atoms with Gasteiger partial charge >= 0.3 is 0 Å². The summed E-state index contributed by atoms with van der Waals surface area (Å²) in [5, 5.41) is 1.05. The maximum Gasteiger partial charge on any atom is 0.252 e. The van der Waals surface area contributed by atoms with E-state index in [2.05, 4.69) is 4.99 Å². The summed E-state index contributed by atoms with van der Waals surface area (Å²) >= 11 is 13.5. The van der Waals surface area contributed by atoms with E-state index < -0.39 is 9.84 Å². The molecule has 158 valence electrons. The first-order chi connectivity index (χ1) is 14.3. The Kier molecular flexibility index (Phi) is 6.03.